The first-order valence-electron chi connectivity index (χ1n) is 9.54. The molecule has 0 fully saturated rings. The highest BCUT2D eigenvalue weighted by Gasteiger charge is 2.17. The number of carbonyl (C=O) groups excluding carboxylic acids is 1. The number of nitrogens with zero attached hydrogens (tertiary/aromatic N) is 1. The van der Waals surface area contributed by atoms with Gasteiger partial charge in [0.15, 0.2) is 0 Å². The fourth-order valence-corrected chi connectivity index (χ4v) is 3.05. The molecule has 1 N–H and O–H groups in total. The molecule has 0 aliphatic heterocycles. The maximum absolute atomic E-state index is 12.6. The van der Waals surface area contributed by atoms with Crippen LogP contribution in [-0.2, 0) is 19.3 Å². The molecule has 1 amide bonds. The SMILES string of the molecule is CCc1cccc(NC(=O)c2c(C)cc(CCc3ccc(OC)cc3)oc2=O)n1. The maximum atomic E-state index is 12.6. The van der Waals surface area contributed by atoms with Crippen molar-refractivity contribution in [3.63, 3.8) is 0 Å². The number of nitrogens with one attached hydrogen (secondary N) is 1. The van der Waals surface area contributed by atoms with Gasteiger partial charge >= 0.3 is 5.63 Å². The van der Waals surface area contributed by atoms with Gasteiger partial charge in [0.05, 0.1) is 7.11 Å². The zero-order valence-electron chi connectivity index (χ0n) is 16.8. The summed E-state index contributed by atoms with van der Waals surface area (Å²) in [5.74, 6) is 1.24. The third kappa shape index (κ3) is 5.10. The molecule has 6 heteroatoms. The molecule has 3 rings (SSSR count). The minimum absolute atomic E-state index is 0.00176. The number of amides is 1. The third-order valence-electron chi connectivity index (χ3n) is 4.66. The second-order valence-corrected chi connectivity index (χ2v) is 6.73. The Hall–Kier alpha value is -3.41. The molecule has 2 aromatic heterocycles. The van der Waals surface area contributed by atoms with E-state index in [1.807, 2.05) is 43.3 Å². The molecule has 0 aliphatic carbocycles. The normalized spacial score (nSPS) is 10.6. The fourth-order valence-electron chi connectivity index (χ4n) is 3.05. The summed E-state index contributed by atoms with van der Waals surface area (Å²) in [6, 6.07) is 14.9. The molecule has 0 spiro atoms. The molecule has 0 bridgehead atoms. The van der Waals surface area contributed by atoms with Crippen LogP contribution in [0.2, 0.25) is 0 Å². The Kier molecular flexibility index (Phi) is 6.44. The summed E-state index contributed by atoms with van der Waals surface area (Å²) >= 11 is 0. The van der Waals surface area contributed by atoms with Gasteiger partial charge < -0.3 is 14.5 Å². The molecule has 29 heavy (non-hydrogen) atoms. The van der Waals surface area contributed by atoms with E-state index in [9.17, 15) is 9.59 Å². The summed E-state index contributed by atoms with van der Waals surface area (Å²) in [5.41, 5.74) is 1.91. The monoisotopic (exact) mass is 392 g/mol. The summed E-state index contributed by atoms with van der Waals surface area (Å²) < 4.78 is 10.6. The Morgan fingerprint density at radius 3 is 2.55 bits per heavy atom. The number of rotatable bonds is 7. The Morgan fingerprint density at radius 2 is 1.90 bits per heavy atom. The lowest BCUT2D eigenvalue weighted by Gasteiger charge is -2.09. The Bertz CT molecular complexity index is 1060. The minimum Gasteiger partial charge on any atom is -0.497 e. The second kappa shape index (κ2) is 9.19. The van der Waals surface area contributed by atoms with E-state index in [0.29, 0.717) is 30.0 Å². The van der Waals surface area contributed by atoms with E-state index in [1.165, 1.54) is 0 Å². The van der Waals surface area contributed by atoms with Crippen molar-refractivity contribution >= 4 is 11.7 Å². The highest BCUT2D eigenvalue weighted by atomic mass is 16.5. The fraction of sp³-hybridized carbons (Fsp3) is 0.261. The molecule has 3 aromatic rings. The van der Waals surface area contributed by atoms with E-state index >= 15 is 0 Å². The van der Waals surface area contributed by atoms with Crippen LogP contribution < -0.4 is 15.7 Å². The van der Waals surface area contributed by atoms with Gasteiger partial charge in [-0.05, 0) is 61.2 Å². The van der Waals surface area contributed by atoms with Crippen LogP contribution in [0.3, 0.4) is 0 Å². The molecule has 0 saturated heterocycles. The van der Waals surface area contributed by atoms with Crippen LogP contribution in [0.4, 0.5) is 5.82 Å². The number of hydrogen-bond donors (Lipinski definition) is 1. The third-order valence-corrected chi connectivity index (χ3v) is 4.66. The highest BCUT2D eigenvalue weighted by molar-refractivity contribution is 6.04. The van der Waals surface area contributed by atoms with Gasteiger partial charge in [-0.25, -0.2) is 9.78 Å². The predicted molar refractivity (Wildman–Crippen MR) is 112 cm³/mol. The van der Waals surface area contributed by atoms with E-state index in [2.05, 4.69) is 10.3 Å². The Labute approximate surface area is 169 Å². The zero-order valence-corrected chi connectivity index (χ0v) is 16.8. The number of aryl methyl sites for hydroxylation is 4. The molecule has 0 radical (unpaired) electrons. The van der Waals surface area contributed by atoms with Gasteiger partial charge in [0.25, 0.3) is 5.91 Å². The van der Waals surface area contributed by atoms with Crippen LogP contribution in [0, 0.1) is 6.92 Å². The van der Waals surface area contributed by atoms with E-state index in [4.69, 9.17) is 9.15 Å². The lowest BCUT2D eigenvalue weighted by Crippen LogP contribution is -2.23. The van der Waals surface area contributed by atoms with Crippen molar-refractivity contribution in [1.29, 1.82) is 0 Å². The second-order valence-electron chi connectivity index (χ2n) is 6.73. The smallest absolute Gasteiger partial charge is 0.349 e. The first-order valence-corrected chi connectivity index (χ1v) is 9.54. The van der Waals surface area contributed by atoms with Crippen molar-refractivity contribution in [2.75, 3.05) is 12.4 Å². The Balaban J connectivity index is 1.72. The van der Waals surface area contributed by atoms with E-state index < -0.39 is 11.5 Å². The summed E-state index contributed by atoms with van der Waals surface area (Å²) in [6.45, 7) is 3.72. The molecular weight excluding hydrogens is 368 g/mol. The summed E-state index contributed by atoms with van der Waals surface area (Å²) in [6.07, 6.45) is 2.03. The van der Waals surface area contributed by atoms with Gasteiger partial charge in [-0.2, -0.15) is 0 Å². The van der Waals surface area contributed by atoms with Crippen LogP contribution in [0.25, 0.3) is 0 Å². The average molecular weight is 392 g/mol. The van der Waals surface area contributed by atoms with Crippen LogP contribution in [0.5, 0.6) is 5.75 Å². The van der Waals surface area contributed by atoms with E-state index in [-0.39, 0.29) is 5.56 Å². The standard InChI is InChI=1S/C23H24N2O4/c1-4-17-6-5-7-20(24-17)25-22(26)21-15(2)14-19(29-23(21)27)13-10-16-8-11-18(28-3)12-9-16/h5-9,11-12,14H,4,10,13H2,1-3H3,(H,24,25,26). The maximum Gasteiger partial charge on any atom is 0.349 e. The van der Waals surface area contributed by atoms with Crippen molar-refractivity contribution < 1.29 is 13.9 Å². The number of anilines is 1. The summed E-state index contributed by atoms with van der Waals surface area (Å²) in [5, 5.41) is 2.68. The lowest BCUT2D eigenvalue weighted by atomic mass is 10.1. The Morgan fingerprint density at radius 1 is 1.14 bits per heavy atom. The molecule has 0 atom stereocenters. The number of methoxy groups -OCH3 is 1. The van der Waals surface area contributed by atoms with Gasteiger partial charge in [-0.15, -0.1) is 0 Å². The number of ether oxygens (including phenoxy) is 1. The quantitative estimate of drug-likeness (QED) is 0.658. The van der Waals surface area contributed by atoms with E-state index in [0.717, 1.165) is 23.4 Å². The molecule has 0 saturated carbocycles. The first-order chi connectivity index (χ1) is 14.0. The van der Waals surface area contributed by atoms with Gasteiger partial charge in [0.2, 0.25) is 0 Å². The van der Waals surface area contributed by atoms with Crippen LogP contribution in [0.1, 0.15) is 39.9 Å². The first kappa shape index (κ1) is 20.3. The number of benzene rings is 1. The molecule has 150 valence electrons. The van der Waals surface area contributed by atoms with Crippen molar-refractivity contribution in [1.82, 2.24) is 4.98 Å². The highest BCUT2D eigenvalue weighted by Crippen LogP contribution is 2.15. The zero-order chi connectivity index (χ0) is 20.8. The number of pyridine rings is 1. The molecule has 6 nitrogen and oxygen atoms in total. The van der Waals surface area contributed by atoms with Gasteiger partial charge in [0, 0.05) is 12.1 Å². The van der Waals surface area contributed by atoms with Gasteiger partial charge in [-0.3, -0.25) is 4.79 Å². The van der Waals surface area contributed by atoms with Crippen LogP contribution >= 0.6 is 0 Å². The molecular formula is C23H24N2O4. The molecule has 2 heterocycles. The average Bonchev–Trinajstić information content (AvgIpc) is 2.72. The molecule has 1 aromatic carbocycles. The molecule has 0 aliphatic rings. The molecule has 0 unspecified atom stereocenters. The van der Waals surface area contributed by atoms with Gasteiger partial charge in [-0.1, -0.05) is 25.1 Å². The lowest BCUT2D eigenvalue weighted by molar-refractivity contribution is 0.102. The van der Waals surface area contributed by atoms with Crippen LogP contribution in [0.15, 0.2) is 57.7 Å². The van der Waals surface area contributed by atoms with E-state index in [1.54, 1.807) is 26.2 Å². The summed E-state index contributed by atoms with van der Waals surface area (Å²) in [4.78, 5) is 29.4. The number of carbonyl (C=O) groups is 1. The summed E-state index contributed by atoms with van der Waals surface area (Å²) in [7, 11) is 1.63. The topological polar surface area (TPSA) is 81.4 Å². The minimum atomic E-state index is -0.640. The largest absolute Gasteiger partial charge is 0.497 e. The van der Waals surface area contributed by atoms with Gasteiger partial charge in [0.1, 0.15) is 22.9 Å². The van der Waals surface area contributed by atoms with Crippen molar-refractivity contribution in [3.05, 3.63) is 87.1 Å². The van der Waals surface area contributed by atoms with Crippen molar-refractivity contribution in [2.45, 2.75) is 33.1 Å². The van der Waals surface area contributed by atoms with Crippen LogP contribution in [-0.4, -0.2) is 18.0 Å². The van der Waals surface area contributed by atoms with Crippen molar-refractivity contribution in [2.24, 2.45) is 0 Å². The number of aromatic nitrogens is 1. The number of hydrogen-bond acceptors (Lipinski definition) is 5. The predicted octanol–water partition coefficient (Wildman–Crippen LogP) is 3.95. The van der Waals surface area contributed by atoms with Crippen molar-refractivity contribution in [3.8, 4) is 5.75 Å².